The van der Waals surface area contributed by atoms with Crippen molar-refractivity contribution >= 4 is 47.0 Å². The lowest BCUT2D eigenvalue weighted by molar-refractivity contribution is -0.161. The molecule has 1 aromatic carbocycles. The molecule has 1 fully saturated rings. The largest absolute Gasteiger partial charge is 0.508 e. The number of thiazole rings is 1. The van der Waals surface area contributed by atoms with Crippen molar-refractivity contribution in [3.05, 3.63) is 45.4 Å². The van der Waals surface area contributed by atoms with Crippen molar-refractivity contribution < 1.29 is 48.5 Å². The minimum atomic E-state index is -1.07. The van der Waals surface area contributed by atoms with Gasteiger partial charge in [-0.1, -0.05) is 60.5 Å². The van der Waals surface area contributed by atoms with E-state index in [1.54, 1.807) is 6.07 Å². The summed E-state index contributed by atoms with van der Waals surface area (Å²) in [6.07, 6.45) is 2.80. The zero-order valence-electron chi connectivity index (χ0n) is 35.0. The number of likely N-dealkylation sites (tertiary alicyclic amines) is 1. The maximum atomic E-state index is 14.8. The van der Waals surface area contributed by atoms with Crippen LogP contribution in [0.3, 0.4) is 0 Å². The van der Waals surface area contributed by atoms with Crippen molar-refractivity contribution in [2.45, 2.75) is 136 Å². The molecule has 16 heteroatoms. The highest BCUT2D eigenvalue weighted by atomic mass is 32.1. The highest BCUT2D eigenvalue weighted by molar-refractivity contribution is 7.09. The molecule has 3 amide bonds. The summed E-state index contributed by atoms with van der Waals surface area (Å²) in [5.74, 6) is -4.83. The number of carbonyl (C=O) groups excluding carboxylic acids is 5. The number of hydrogen-bond acceptors (Lipinski definition) is 12. The fourth-order valence-corrected chi connectivity index (χ4v) is 8.59. The van der Waals surface area contributed by atoms with Gasteiger partial charge in [-0.3, -0.25) is 33.7 Å². The number of aromatic nitrogens is 1. The second-order valence-corrected chi connectivity index (χ2v) is 17.4. The number of nitrogens with one attached hydrogen (secondary N) is 2. The second kappa shape index (κ2) is 20.9. The Morgan fingerprint density at radius 3 is 2.43 bits per heavy atom. The predicted molar refractivity (Wildman–Crippen MR) is 217 cm³/mol. The fourth-order valence-electron chi connectivity index (χ4n) is 7.75. The molecule has 1 unspecified atom stereocenters. The molecule has 1 aliphatic carbocycles. The Bertz CT molecular complexity index is 1780. The summed E-state index contributed by atoms with van der Waals surface area (Å²) >= 11 is 1.10. The van der Waals surface area contributed by atoms with Gasteiger partial charge in [-0.15, -0.1) is 11.3 Å². The van der Waals surface area contributed by atoms with Crippen LogP contribution in [0, 0.1) is 17.8 Å². The van der Waals surface area contributed by atoms with Crippen LogP contribution in [0.2, 0.25) is 0 Å². The number of aromatic hydroxyl groups is 1. The summed E-state index contributed by atoms with van der Waals surface area (Å²) in [5.41, 5.74) is 1.26. The minimum Gasteiger partial charge on any atom is -0.508 e. The lowest BCUT2D eigenvalue weighted by Crippen LogP contribution is -2.59. The van der Waals surface area contributed by atoms with Gasteiger partial charge in [0.1, 0.15) is 22.5 Å². The van der Waals surface area contributed by atoms with Crippen molar-refractivity contribution in [1.29, 1.82) is 0 Å². The first kappa shape index (κ1) is 46.1. The number of phenolic OH excluding ortho intramolecular Hbond substituents is 1. The Labute approximate surface area is 345 Å². The number of carbonyl (C=O) groups is 6. The Balaban J connectivity index is 1.61. The normalized spacial score (nSPS) is 20.3. The van der Waals surface area contributed by atoms with Gasteiger partial charge < -0.3 is 35.2 Å². The van der Waals surface area contributed by atoms with E-state index in [1.807, 2.05) is 53.5 Å². The van der Waals surface area contributed by atoms with Crippen LogP contribution in [0.5, 0.6) is 5.75 Å². The summed E-state index contributed by atoms with van der Waals surface area (Å²) in [7, 11) is 1.90. The predicted octanol–water partition coefficient (Wildman–Crippen LogP) is 5.17. The van der Waals surface area contributed by atoms with E-state index in [-0.39, 0.29) is 67.1 Å². The van der Waals surface area contributed by atoms with Gasteiger partial charge >= 0.3 is 17.9 Å². The minimum absolute atomic E-state index is 0.0174. The van der Waals surface area contributed by atoms with Crippen LogP contribution < -0.4 is 10.6 Å². The summed E-state index contributed by atoms with van der Waals surface area (Å²) in [4.78, 5) is 87.6. The van der Waals surface area contributed by atoms with E-state index >= 15 is 0 Å². The summed E-state index contributed by atoms with van der Waals surface area (Å²) in [6.45, 7) is 13.0. The number of esters is 2. The number of likely N-dealkylation sites (N-methyl/N-ethyl adjacent to an activating group) is 1. The van der Waals surface area contributed by atoms with E-state index in [0.717, 1.165) is 30.7 Å². The zero-order valence-corrected chi connectivity index (χ0v) is 35.8. The van der Waals surface area contributed by atoms with Crippen LogP contribution in [0.15, 0.2) is 23.6 Å². The maximum Gasteiger partial charge on any atom is 0.311 e. The average molecular weight is 828 g/mol. The number of rotatable bonds is 18. The van der Waals surface area contributed by atoms with Crippen LogP contribution in [-0.2, 0) is 39.9 Å². The van der Waals surface area contributed by atoms with Gasteiger partial charge in [-0.05, 0) is 80.3 Å². The number of carboxylic acids is 1. The molecule has 0 saturated carbocycles. The van der Waals surface area contributed by atoms with E-state index in [1.165, 1.54) is 29.3 Å². The molecule has 1 aromatic heterocycles. The molecule has 2 aromatic rings. The SMILES string of the molecule is CC[C@H](C)[C@H](NC(=O)[C@H]1CCCCN1C)C(=O)N(COC(=O)CC(C)C)[C@H](C[C@@H](OC(C)=O)c1nc(C(=O)NC2Cc3ccc(O)cc3[C@H](C(=O)O)C2)cs1)C(C)C. The third-order valence-corrected chi connectivity index (χ3v) is 12.1. The van der Waals surface area contributed by atoms with Crippen molar-refractivity contribution in [1.82, 2.24) is 25.4 Å². The number of hydrogen-bond donors (Lipinski definition) is 4. The van der Waals surface area contributed by atoms with Gasteiger partial charge in [0.25, 0.3) is 5.91 Å². The molecule has 2 aliphatic rings. The number of benzene rings is 1. The number of ether oxygens (including phenoxy) is 2. The third-order valence-electron chi connectivity index (χ3n) is 11.2. The Morgan fingerprint density at radius 1 is 1.09 bits per heavy atom. The molecule has 0 spiro atoms. The quantitative estimate of drug-likeness (QED) is 0.114. The van der Waals surface area contributed by atoms with Gasteiger partial charge in [0.05, 0.1) is 12.0 Å². The van der Waals surface area contributed by atoms with E-state index in [2.05, 4.69) is 15.6 Å². The molecule has 2 heterocycles. The van der Waals surface area contributed by atoms with Crippen LogP contribution in [0.4, 0.5) is 0 Å². The van der Waals surface area contributed by atoms with Gasteiger partial charge in [0, 0.05) is 37.2 Å². The summed E-state index contributed by atoms with van der Waals surface area (Å²) < 4.78 is 11.5. The Morgan fingerprint density at radius 2 is 1.81 bits per heavy atom. The molecule has 4 rings (SSSR count). The van der Waals surface area contributed by atoms with Gasteiger partial charge in [-0.2, -0.15) is 0 Å². The molecule has 7 atom stereocenters. The van der Waals surface area contributed by atoms with Crippen molar-refractivity contribution in [3.8, 4) is 5.75 Å². The van der Waals surface area contributed by atoms with Crippen LogP contribution in [0.1, 0.15) is 132 Å². The first-order chi connectivity index (χ1) is 27.4. The first-order valence-corrected chi connectivity index (χ1v) is 21.2. The molecule has 58 heavy (non-hydrogen) atoms. The second-order valence-electron chi connectivity index (χ2n) is 16.5. The van der Waals surface area contributed by atoms with Crippen molar-refractivity contribution in [2.24, 2.45) is 17.8 Å². The number of nitrogens with zero attached hydrogens (tertiary/aromatic N) is 3. The molecule has 1 saturated heterocycles. The molecule has 0 bridgehead atoms. The van der Waals surface area contributed by atoms with Crippen LogP contribution in [-0.4, -0.2) is 105 Å². The van der Waals surface area contributed by atoms with E-state index in [4.69, 9.17) is 9.47 Å². The van der Waals surface area contributed by atoms with E-state index in [9.17, 15) is 39.0 Å². The first-order valence-electron chi connectivity index (χ1n) is 20.3. The zero-order chi connectivity index (χ0) is 42.8. The van der Waals surface area contributed by atoms with Gasteiger partial charge in [-0.25, -0.2) is 4.98 Å². The number of phenols is 1. The lowest BCUT2D eigenvalue weighted by Gasteiger charge is -2.39. The number of aliphatic carboxylic acids is 1. The average Bonchev–Trinajstić information content (AvgIpc) is 3.66. The van der Waals surface area contributed by atoms with Crippen LogP contribution >= 0.6 is 11.3 Å². The number of fused-ring (bicyclic) bond motifs is 1. The van der Waals surface area contributed by atoms with Crippen molar-refractivity contribution in [3.63, 3.8) is 0 Å². The Hall–Kier alpha value is -4.57. The standard InChI is InChI=1S/C42H61N5O10S/c1-9-25(6)37(45-39(52)33-12-10-11-15-46(33)8)41(53)47(22-56-36(50)16-23(2)3)34(24(4)5)20-35(57-26(7)48)40-44-32(21-58-40)38(51)43-28-17-27-13-14-29(49)19-30(27)31(18-28)42(54)55/h13-14,19,21,23-25,28,31,33-35,37,49H,9-12,15-18,20,22H2,1-8H3,(H,43,51)(H,45,52)(H,54,55)/t25-,28?,31+,33+,34+,35+,37-/m0/s1. The van der Waals surface area contributed by atoms with Gasteiger partial charge in [0.15, 0.2) is 12.8 Å². The smallest absolute Gasteiger partial charge is 0.311 e. The molecular formula is C42H61N5O10S. The molecule has 1 aliphatic heterocycles. The molecule has 320 valence electrons. The number of piperidine rings is 1. The topological polar surface area (TPSA) is 205 Å². The summed E-state index contributed by atoms with van der Waals surface area (Å²) in [6, 6.07) is 2.06. The molecule has 0 radical (unpaired) electrons. The Kier molecular flexibility index (Phi) is 16.6. The number of carboxylic acid groups (broad SMARTS) is 1. The monoisotopic (exact) mass is 827 g/mol. The molecule has 15 nitrogen and oxygen atoms in total. The molecular weight excluding hydrogens is 767 g/mol. The van der Waals surface area contributed by atoms with Crippen molar-refractivity contribution in [2.75, 3.05) is 20.3 Å². The molecule has 4 N–H and O–H groups in total. The highest BCUT2D eigenvalue weighted by Crippen LogP contribution is 2.35. The van der Waals surface area contributed by atoms with Gasteiger partial charge in [0.2, 0.25) is 11.8 Å². The summed E-state index contributed by atoms with van der Waals surface area (Å²) in [5, 5.41) is 27.7. The third kappa shape index (κ3) is 12.2. The van der Waals surface area contributed by atoms with E-state index < -0.39 is 59.9 Å². The lowest BCUT2D eigenvalue weighted by atomic mass is 9.80. The fraction of sp³-hybridized carbons (Fsp3) is 0.643. The number of amides is 3. The highest BCUT2D eigenvalue weighted by Gasteiger charge is 2.40. The maximum absolute atomic E-state index is 14.8. The van der Waals surface area contributed by atoms with Crippen LogP contribution in [0.25, 0.3) is 0 Å². The van der Waals surface area contributed by atoms with E-state index in [0.29, 0.717) is 35.4 Å².